The number of aryl methyl sites for hydroxylation is 2. The fraction of sp³-hybridized carbons (Fsp3) is 0.438. The SMILES string of the molecule is Cc1nn(C)c(C)c1CCC(N)Cc1ccc(F)c(F)c1. The Labute approximate surface area is 123 Å². The third-order valence-electron chi connectivity index (χ3n) is 3.91. The van der Waals surface area contributed by atoms with Gasteiger partial charge in [0.2, 0.25) is 0 Å². The molecule has 114 valence electrons. The molecular formula is C16H21F2N3. The molecule has 0 fully saturated rings. The van der Waals surface area contributed by atoms with Gasteiger partial charge in [0, 0.05) is 18.8 Å². The Morgan fingerprint density at radius 1 is 1.24 bits per heavy atom. The van der Waals surface area contributed by atoms with Gasteiger partial charge < -0.3 is 5.73 Å². The molecule has 0 saturated carbocycles. The molecule has 1 aromatic carbocycles. The summed E-state index contributed by atoms with van der Waals surface area (Å²) in [6, 6.07) is 3.86. The van der Waals surface area contributed by atoms with Crippen molar-refractivity contribution < 1.29 is 8.78 Å². The molecule has 0 aliphatic carbocycles. The van der Waals surface area contributed by atoms with Crippen LogP contribution in [0.5, 0.6) is 0 Å². The summed E-state index contributed by atoms with van der Waals surface area (Å²) in [6.45, 7) is 4.03. The van der Waals surface area contributed by atoms with Crippen LogP contribution in [0.2, 0.25) is 0 Å². The van der Waals surface area contributed by atoms with Crippen molar-refractivity contribution in [1.29, 1.82) is 0 Å². The lowest BCUT2D eigenvalue weighted by Gasteiger charge is -2.12. The lowest BCUT2D eigenvalue weighted by atomic mass is 9.99. The first kappa shape index (κ1) is 15.6. The first-order valence-electron chi connectivity index (χ1n) is 7.07. The van der Waals surface area contributed by atoms with E-state index in [4.69, 9.17) is 5.73 Å². The van der Waals surface area contributed by atoms with Crippen LogP contribution in [0, 0.1) is 25.5 Å². The molecule has 2 N–H and O–H groups in total. The van der Waals surface area contributed by atoms with Crippen LogP contribution in [0.1, 0.15) is 28.9 Å². The molecule has 0 radical (unpaired) electrons. The first-order valence-corrected chi connectivity index (χ1v) is 7.07. The molecule has 0 amide bonds. The van der Waals surface area contributed by atoms with Crippen LogP contribution in [0.25, 0.3) is 0 Å². The molecule has 1 aromatic heterocycles. The van der Waals surface area contributed by atoms with Gasteiger partial charge in [0.15, 0.2) is 11.6 Å². The molecule has 0 spiro atoms. The highest BCUT2D eigenvalue weighted by molar-refractivity contribution is 5.25. The highest BCUT2D eigenvalue weighted by Gasteiger charge is 2.12. The molecule has 1 unspecified atom stereocenters. The molecule has 21 heavy (non-hydrogen) atoms. The summed E-state index contributed by atoms with van der Waals surface area (Å²) in [4.78, 5) is 0. The monoisotopic (exact) mass is 293 g/mol. The van der Waals surface area contributed by atoms with Crippen molar-refractivity contribution in [2.75, 3.05) is 0 Å². The largest absolute Gasteiger partial charge is 0.327 e. The molecule has 1 heterocycles. The first-order chi connectivity index (χ1) is 9.88. The number of nitrogens with two attached hydrogens (primary N) is 1. The number of nitrogens with zero attached hydrogens (tertiary/aromatic N) is 2. The average molecular weight is 293 g/mol. The Morgan fingerprint density at radius 2 is 1.95 bits per heavy atom. The molecule has 0 aliphatic rings. The van der Waals surface area contributed by atoms with Crippen LogP contribution in [-0.4, -0.2) is 15.8 Å². The second kappa shape index (κ2) is 6.35. The minimum atomic E-state index is -0.825. The van der Waals surface area contributed by atoms with E-state index in [0.717, 1.165) is 35.9 Å². The maximum Gasteiger partial charge on any atom is 0.159 e. The minimum Gasteiger partial charge on any atom is -0.327 e. The Bertz CT molecular complexity index is 635. The van der Waals surface area contributed by atoms with E-state index in [-0.39, 0.29) is 6.04 Å². The molecule has 1 atom stereocenters. The third kappa shape index (κ3) is 3.67. The van der Waals surface area contributed by atoms with Crippen LogP contribution >= 0.6 is 0 Å². The predicted octanol–water partition coefficient (Wildman–Crippen LogP) is 2.82. The molecule has 2 aromatic rings. The van der Waals surface area contributed by atoms with Crippen molar-refractivity contribution in [1.82, 2.24) is 9.78 Å². The van der Waals surface area contributed by atoms with Crippen LogP contribution < -0.4 is 5.73 Å². The van der Waals surface area contributed by atoms with E-state index in [1.54, 1.807) is 6.07 Å². The second-order valence-electron chi connectivity index (χ2n) is 5.52. The fourth-order valence-electron chi connectivity index (χ4n) is 2.58. The van der Waals surface area contributed by atoms with Gasteiger partial charge in [0.05, 0.1) is 5.69 Å². The number of rotatable bonds is 5. The predicted molar refractivity (Wildman–Crippen MR) is 79.0 cm³/mol. The quantitative estimate of drug-likeness (QED) is 0.921. The molecule has 0 aliphatic heterocycles. The van der Waals surface area contributed by atoms with E-state index in [9.17, 15) is 8.78 Å². The van der Waals surface area contributed by atoms with Crippen molar-refractivity contribution in [3.8, 4) is 0 Å². The van der Waals surface area contributed by atoms with E-state index in [1.807, 2.05) is 25.6 Å². The maximum absolute atomic E-state index is 13.2. The molecule has 5 heteroatoms. The summed E-state index contributed by atoms with van der Waals surface area (Å²) in [5.41, 5.74) is 10.2. The number of aromatic nitrogens is 2. The van der Waals surface area contributed by atoms with Crippen LogP contribution in [0.3, 0.4) is 0 Å². The van der Waals surface area contributed by atoms with Crippen molar-refractivity contribution in [3.63, 3.8) is 0 Å². The molecular weight excluding hydrogens is 272 g/mol. The normalized spacial score (nSPS) is 12.7. The highest BCUT2D eigenvalue weighted by atomic mass is 19.2. The Balaban J connectivity index is 1.95. The molecule has 2 rings (SSSR count). The maximum atomic E-state index is 13.2. The van der Waals surface area contributed by atoms with E-state index in [0.29, 0.717) is 6.42 Å². The van der Waals surface area contributed by atoms with Crippen LogP contribution in [0.15, 0.2) is 18.2 Å². The van der Waals surface area contributed by atoms with Crippen molar-refractivity contribution >= 4 is 0 Å². The Morgan fingerprint density at radius 3 is 2.52 bits per heavy atom. The Kier molecular flexibility index (Phi) is 4.73. The summed E-state index contributed by atoms with van der Waals surface area (Å²) < 4.78 is 27.9. The summed E-state index contributed by atoms with van der Waals surface area (Å²) in [7, 11) is 1.92. The van der Waals surface area contributed by atoms with Gasteiger partial charge in [-0.05, 0) is 56.4 Å². The van der Waals surface area contributed by atoms with Gasteiger partial charge in [-0.3, -0.25) is 4.68 Å². The fourth-order valence-corrected chi connectivity index (χ4v) is 2.58. The van der Waals surface area contributed by atoms with Gasteiger partial charge in [-0.15, -0.1) is 0 Å². The topological polar surface area (TPSA) is 43.8 Å². The van der Waals surface area contributed by atoms with Gasteiger partial charge >= 0.3 is 0 Å². The van der Waals surface area contributed by atoms with Crippen molar-refractivity contribution in [3.05, 3.63) is 52.3 Å². The van der Waals surface area contributed by atoms with Gasteiger partial charge in [-0.1, -0.05) is 6.07 Å². The summed E-state index contributed by atoms with van der Waals surface area (Å²) in [6.07, 6.45) is 2.16. The van der Waals surface area contributed by atoms with Gasteiger partial charge in [0.1, 0.15) is 0 Å². The zero-order chi connectivity index (χ0) is 15.6. The van der Waals surface area contributed by atoms with Crippen molar-refractivity contribution in [2.45, 2.75) is 39.2 Å². The lowest BCUT2D eigenvalue weighted by Crippen LogP contribution is -2.23. The van der Waals surface area contributed by atoms with Gasteiger partial charge in [-0.25, -0.2) is 8.78 Å². The van der Waals surface area contributed by atoms with Crippen LogP contribution in [0.4, 0.5) is 8.78 Å². The standard InChI is InChI=1S/C16H21F2N3/c1-10-14(11(2)21(3)20-10)6-5-13(19)8-12-4-7-15(17)16(18)9-12/h4,7,9,13H,5-6,8,19H2,1-3H3. The van der Waals surface area contributed by atoms with Crippen molar-refractivity contribution in [2.24, 2.45) is 12.8 Å². The number of benzene rings is 1. The molecule has 0 bridgehead atoms. The summed E-state index contributed by atoms with van der Waals surface area (Å²) in [5.74, 6) is -1.65. The van der Waals surface area contributed by atoms with E-state index < -0.39 is 11.6 Å². The van der Waals surface area contributed by atoms with Crippen LogP contribution in [-0.2, 0) is 19.9 Å². The smallest absolute Gasteiger partial charge is 0.159 e. The van der Waals surface area contributed by atoms with Gasteiger partial charge in [0.25, 0.3) is 0 Å². The summed E-state index contributed by atoms with van der Waals surface area (Å²) >= 11 is 0. The lowest BCUT2D eigenvalue weighted by molar-refractivity contribution is 0.505. The van der Waals surface area contributed by atoms with E-state index in [1.165, 1.54) is 11.6 Å². The number of hydrogen-bond acceptors (Lipinski definition) is 2. The van der Waals surface area contributed by atoms with Gasteiger partial charge in [-0.2, -0.15) is 5.10 Å². The second-order valence-corrected chi connectivity index (χ2v) is 5.52. The molecule has 3 nitrogen and oxygen atoms in total. The number of halogens is 2. The zero-order valence-corrected chi connectivity index (χ0v) is 12.7. The zero-order valence-electron chi connectivity index (χ0n) is 12.7. The Hall–Kier alpha value is -1.75. The molecule has 0 saturated heterocycles. The average Bonchev–Trinajstić information content (AvgIpc) is 2.66. The summed E-state index contributed by atoms with van der Waals surface area (Å²) in [5, 5.41) is 4.38. The van der Waals surface area contributed by atoms with E-state index in [2.05, 4.69) is 5.10 Å². The highest BCUT2D eigenvalue weighted by Crippen LogP contribution is 2.16. The van der Waals surface area contributed by atoms with E-state index >= 15 is 0 Å². The number of hydrogen-bond donors (Lipinski definition) is 1. The minimum absolute atomic E-state index is 0.0890. The third-order valence-corrected chi connectivity index (χ3v) is 3.91.